The quantitative estimate of drug-likeness (QED) is 0.702. The van der Waals surface area contributed by atoms with E-state index < -0.39 is 18.0 Å². The van der Waals surface area contributed by atoms with Crippen molar-refractivity contribution in [2.24, 2.45) is 5.92 Å². The van der Waals surface area contributed by atoms with Crippen LogP contribution in [0, 0.1) is 5.92 Å². The van der Waals surface area contributed by atoms with Crippen molar-refractivity contribution >= 4 is 27.9 Å². The molecule has 0 radical (unpaired) electrons. The van der Waals surface area contributed by atoms with Gasteiger partial charge in [-0.3, -0.25) is 0 Å². The average molecular weight is 357 g/mol. The lowest BCUT2D eigenvalue weighted by Crippen LogP contribution is -2.47. The van der Waals surface area contributed by atoms with Crippen molar-refractivity contribution in [3.8, 4) is 0 Å². The highest BCUT2D eigenvalue weighted by molar-refractivity contribution is 9.10. The van der Waals surface area contributed by atoms with Crippen molar-refractivity contribution in [1.29, 1.82) is 0 Å². The zero-order valence-corrected chi connectivity index (χ0v) is 13.8. The van der Waals surface area contributed by atoms with Crippen LogP contribution in [-0.2, 0) is 11.2 Å². The maximum atomic E-state index is 11.7. The summed E-state index contributed by atoms with van der Waals surface area (Å²) in [5.41, 5.74) is 1.09. The predicted molar refractivity (Wildman–Crippen MR) is 85.3 cm³/mol. The number of halogens is 1. The van der Waals surface area contributed by atoms with Crippen molar-refractivity contribution in [2.75, 3.05) is 6.54 Å². The molecule has 0 aliphatic rings. The molecule has 0 saturated carbocycles. The Morgan fingerprint density at radius 2 is 1.95 bits per heavy atom. The molecule has 1 unspecified atom stereocenters. The van der Waals surface area contributed by atoms with E-state index in [0.717, 1.165) is 10.0 Å². The van der Waals surface area contributed by atoms with Crippen LogP contribution in [0.2, 0.25) is 0 Å². The Bertz CT molecular complexity index is 492. The molecule has 116 valence electrons. The van der Waals surface area contributed by atoms with Crippen LogP contribution in [0.3, 0.4) is 0 Å². The summed E-state index contributed by atoms with van der Waals surface area (Å²) in [7, 11) is 0. The number of nitrogens with one attached hydrogen (secondary N) is 2. The molecule has 1 aromatic carbocycles. The minimum atomic E-state index is -1.01. The van der Waals surface area contributed by atoms with Gasteiger partial charge in [0, 0.05) is 11.0 Å². The van der Waals surface area contributed by atoms with Crippen LogP contribution in [0.4, 0.5) is 4.79 Å². The summed E-state index contributed by atoms with van der Waals surface area (Å²) in [4.78, 5) is 22.8. The molecule has 1 rings (SSSR count). The van der Waals surface area contributed by atoms with Gasteiger partial charge >= 0.3 is 12.0 Å². The van der Waals surface area contributed by atoms with E-state index in [4.69, 9.17) is 5.11 Å². The molecule has 0 spiro atoms. The molecule has 5 nitrogen and oxygen atoms in total. The second-order valence-corrected chi connectivity index (χ2v) is 6.12. The van der Waals surface area contributed by atoms with Crippen LogP contribution >= 0.6 is 15.9 Å². The molecule has 21 heavy (non-hydrogen) atoms. The number of hydrogen-bond donors (Lipinski definition) is 3. The van der Waals surface area contributed by atoms with Crippen LogP contribution in [0.25, 0.3) is 0 Å². The van der Waals surface area contributed by atoms with Gasteiger partial charge in [-0.1, -0.05) is 48.0 Å². The van der Waals surface area contributed by atoms with Gasteiger partial charge < -0.3 is 15.7 Å². The number of amides is 2. The molecule has 1 aromatic rings. The number of benzene rings is 1. The van der Waals surface area contributed by atoms with E-state index >= 15 is 0 Å². The molecule has 0 aliphatic heterocycles. The summed E-state index contributed by atoms with van der Waals surface area (Å²) in [5, 5.41) is 14.2. The zero-order chi connectivity index (χ0) is 15.8. The van der Waals surface area contributed by atoms with Gasteiger partial charge in [-0.05, 0) is 30.4 Å². The highest BCUT2D eigenvalue weighted by Gasteiger charge is 2.20. The average Bonchev–Trinajstić information content (AvgIpc) is 2.39. The molecule has 0 aliphatic carbocycles. The van der Waals surface area contributed by atoms with Crippen LogP contribution < -0.4 is 10.6 Å². The van der Waals surface area contributed by atoms with Crippen molar-refractivity contribution in [2.45, 2.75) is 32.7 Å². The smallest absolute Gasteiger partial charge is 0.326 e. The standard InChI is InChI=1S/C15H21BrN2O3/c1-10(2)9-13(14(19)20)18-15(21)17-8-7-11-5-3-4-6-12(11)16/h3-6,10,13H,7-9H2,1-2H3,(H,19,20)(H2,17,18,21). The van der Waals surface area contributed by atoms with E-state index in [-0.39, 0.29) is 5.92 Å². The normalized spacial score (nSPS) is 12.0. The van der Waals surface area contributed by atoms with E-state index in [1.165, 1.54) is 0 Å². The van der Waals surface area contributed by atoms with Crippen LogP contribution in [0.5, 0.6) is 0 Å². The lowest BCUT2D eigenvalue weighted by atomic mass is 10.0. The molecular formula is C15H21BrN2O3. The lowest BCUT2D eigenvalue weighted by molar-refractivity contribution is -0.139. The summed E-state index contributed by atoms with van der Waals surface area (Å²) in [6.07, 6.45) is 1.09. The Kier molecular flexibility index (Phi) is 7.22. The first kappa shape index (κ1) is 17.5. The van der Waals surface area contributed by atoms with Crippen molar-refractivity contribution < 1.29 is 14.7 Å². The van der Waals surface area contributed by atoms with Crippen LogP contribution in [-0.4, -0.2) is 29.7 Å². The van der Waals surface area contributed by atoms with E-state index in [9.17, 15) is 9.59 Å². The largest absolute Gasteiger partial charge is 0.480 e. The minimum Gasteiger partial charge on any atom is -0.480 e. The van der Waals surface area contributed by atoms with Gasteiger partial charge in [-0.25, -0.2) is 9.59 Å². The van der Waals surface area contributed by atoms with Gasteiger partial charge in [0.1, 0.15) is 6.04 Å². The lowest BCUT2D eigenvalue weighted by Gasteiger charge is -2.17. The molecule has 3 N–H and O–H groups in total. The second-order valence-electron chi connectivity index (χ2n) is 5.26. The molecule has 0 aromatic heterocycles. The molecule has 6 heteroatoms. The van der Waals surface area contributed by atoms with Crippen LogP contribution in [0.1, 0.15) is 25.8 Å². The monoisotopic (exact) mass is 356 g/mol. The topological polar surface area (TPSA) is 78.4 Å². The molecule has 2 amide bonds. The maximum absolute atomic E-state index is 11.7. The highest BCUT2D eigenvalue weighted by Crippen LogP contribution is 2.15. The number of urea groups is 1. The van der Waals surface area contributed by atoms with Gasteiger partial charge in [0.2, 0.25) is 0 Å². The minimum absolute atomic E-state index is 0.201. The first-order valence-electron chi connectivity index (χ1n) is 6.90. The fourth-order valence-electron chi connectivity index (χ4n) is 1.91. The van der Waals surface area contributed by atoms with Crippen molar-refractivity contribution in [1.82, 2.24) is 10.6 Å². The van der Waals surface area contributed by atoms with Gasteiger partial charge in [0.25, 0.3) is 0 Å². The first-order chi connectivity index (χ1) is 9.90. The molecule has 0 saturated heterocycles. The summed E-state index contributed by atoms with van der Waals surface area (Å²) in [6, 6.07) is 6.48. The van der Waals surface area contributed by atoms with E-state index in [0.29, 0.717) is 19.4 Å². The number of rotatable bonds is 7. The van der Waals surface area contributed by atoms with Crippen molar-refractivity contribution in [3.05, 3.63) is 34.3 Å². The Balaban J connectivity index is 2.39. The Labute approximate surface area is 133 Å². The van der Waals surface area contributed by atoms with Gasteiger partial charge in [0.15, 0.2) is 0 Å². The second kappa shape index (κ2) is 8.67. The number of aliphatic carboxylic acids is 1. The predicted octanol–water partition coefficient (Wildman–Crippen LogP) is 2.79. The van der Waals surface area contributed by atoms with E-state index in [2.05, 4.69) is 26.6 Å². The summed E-state index contributed by atoms with van der Waals surface area (Å²) < 4.78 is 0.996. The number of carbonyl (C=O) groups excluding carboxylic acids is 1. The molecular weight excluding hydrogens is 336 g/mol. The van der Waals surface area contributed by atoms with Crippen LogP contribution in [0.15, 0.2) is 28.7 Å². The number of carboxylic acids is 1. The number of hydrogen-bond acceptors (Lipinski definition) is 2. The number of carbonyl (C=O) groups is 2. The third kappa shape index (κ3) is 6.62. The van der Waals surface area contributed by atoms with Gasteiger partial charge in [-0.15, -0.1) is 0 Å². The van der Waals surface area contributed by atoms with E-state index in [1.54, 1.807) is 0 Å². The molecule has 0 bridgehead atoms. The Hall–Kier alpha value is -1.56. The molecule has 1 atom stereocenters. The fourth-order valence-corrected chi connectivity index (χ4v) is 2.40. The highest BCUT2D eigenvalue weighted by atomic mass is 79.9. The third-order valence-electron chi connectivity index (χ3n) is 2.95. The summed E-state index contributed by atoms with van der Waals surface area (Å²) in [5.74, 6) is -0.809. The number of carboxylic acid groups (broad SMARTS) is 1. The van der Waals surface area contributed by atoms with Gasteiger partial charge in [-0.2, -0.15) is 0 Å². The fraction of sp³-hybridized carbons (Fsp3) is 0.467. The molecule has 0 heterocycles. The molecule has 0 fully saturated rings. The Morgan fingerprint density at radius 3 is 2.52 bits per heavy atom. The van der Waals surface area contributed by atoms with Gasteiger partial charge in [0.05, 0.1) is 0 Å². The summed E-state index contributed by atoms with van der Waals surface area (Å²) in [6.45, 7) is 4.29. The maximum Gasteiger partial charge on any atom is 0.326 e. The third-order valence-corrected chi connectivity index (χ3v) is 3.72. The van der Waals surface area contributed by atoms with E-state index in [1.807, 2.05) is 38.1 Å². The first-order valence-corrected chi connectivity index (χ1v) is 7.70. The van der Waals surface area contributed by atoms with Crippen molar-refractivity contribution in [3.63, 3.8) is 0 Å². The summed E-state index contributed by atoms with van der Waals surface area (Å²) >= 11 is 3.44. The Morgan fingerprint density at radius 1 is 1.29 bits per heavy atom. The SMILES string of the molecule is CC(C)CC(NC(=O)NCCc1ccccc1Br)C(=O)O. The zero-order valence-electron chi connectivity index (χ0n) is 12.2.